The Morgan fingerprint density at radius 3 is 2.22 bits per heavy atom. The van der Waals surface area contributed by atoms with Gasteiger partial charge in [-0.1, -0.05) is 23.2 Å². The molecule has 10 heteroatoms. The lowest BCUT2D eigenvalue weighted by molar-refractivity contribution is 0.0690. The van der Waals surface area contributed by atoms with Crippen LogP contribution in [-0.2, 0) is 0 Å². The van der Waals surface area contributed by atoms with E-state index in [0.29, 0.717) is 20.8 Å². The van der Waals surface area contributed by atoms with Crippen LogP contribution in [0.1, 0.15) is 10.5 Å². The molecule has 0 radical (unpaired) electrons. The van der Waals surface area contributed by atoms with E-state index in [1.807, 2.05) is 12.1 Å². The van der Waals surface area contributed by atoms with E-state index < -0.39 is 5.97 Å². The highest BCUT2D eigenvalue weighted by Gasteiger charge is 2.03. The second kappa shape index (κ2) is 9.77. The van der Waals surface area contributed by atoms with Crippen LogP contribution in [0.5, 0.6) is 0 Å². The van der Waals surface area contributed by atoms with Crippen LogP contribution in [0.15, 0.2) is 59.5 Å². The summed E-state index contributed by atoms with van der Waals surface area (Å²) in [7, 11) is 0. The Kier molecular flexibility index (Phi) is 7.42. The number of rotatable bonds is 3. The molecule has 0 aliphatic heterocycles. The van der Waals surface area contributed by atoms with Gasteiger partial charge in [0.2, 0.25) is 0 Å². The van der Waals surface area contributed by atoms with Crippen molar-refractivity contribution in [1.82, 2.24) is 4.98 Å². The standard InChI is InChI=1S/C13H11Cl2N3S.C4H3NO3/c14-11-6-5-10(7-12(11)15)18-13(19)17-9-3-1-8(16)2-4-9;6-4(7)3-1-8-2-5-3/h1-7H,16H2,(H2,17,18,19);1-2H,(H,6,7). The van der Waals surface area contributed by atoms with Gasteiger partial charge < -0.3 is 25.9 Å². The van der Waals surface area contributed by atoms with Crippen molar-refractivity contribution in [3.63, 3.8) is 0 Å². The highest BCUT2D eigenvalue weighted by Crippen LogP contribution is 2.25. The molecule has 0 fully saturated rings. The largest absolute Gasteiger partial charge is 0.476 e. The second-order valence-electron chi connectivity index (χ2n) is 5.01. The average molecular weight is 425 g/mol. The Labute approximate surface area is 170 Å². The fourth-order valence-corrected chi connectivity index (χ4v) is 2.29. The van der Waals surface area contributed by atoms with Crippen molar-refractivity contribution in [2.24, 2.45) is 0 Å². The van der Waals surface area contributed by atoms with Crippen molar-refractivity contribution in [2.75, 3.05) is 16.4 Å². The van der Waals surface area contributed by atoms with Crippen molar-refractivity contribution < 1.29 is 14.3 Å². The van der Waals surface area contributed by atoms with E-state index in [1.54, 1.807) is 30.3 Å². The SMILES string of the molecule is Nc1ccc(NC(=S)Nc2ccc(Cl)c(Cl)c2)cc1.O=C(O)c1cocn1. The number of halogens is 2. The van der Waals surface area contributed by atoms with Crippen molar-refractivity contribution in [2.45, 2.75) is 0 Å². The first kappa shape index (κ1) is 20.5. The van der Waals surface area contributed by atoms with Gasteiger partial charge >= 0.3 is 5.97 Å². The molecule has 0 aliphatic rings. The number of thiocarbonyl (C=S) groups is 1. The number of nitrogens with two attached hydrogens (primary N) is 1. The summed E-state index contributed by atoms with van der Waals surface area (Å²) in [4.78, 5) is 13.3. The molecular formula is C17H14Cl2N4O3S. The van der Waals surface area contributed by atoms with E-state index in [2.05, 4.69) is 20.0 Å². The number of benzene rings is 2. The Hall–Kier alpha value is -2.81. The number of nitrogens with one attached hydrogen (secondary N) is 2. The number of oxazole rings is 1. The molecule has 140 valence electrons. The van der Waals surface area contributed by atoms with Crippen molar-refractivity contribution >= 4 is 63.6 Å². The summed E-state index contributed by atoms with van der Waals surface area (Å²) in [6.45, 7) is 0. The molecule has 1 heterocycles. The first-order valence-corrected chi connectivity index (χ1v) is 8.51. The quantitative estimate of drug-likeness (QED) is 0.351. The minimum atomic E-state index is -1.07. The number of nitrogens with zero attached hydrogens (tertiary/aromatic N) is 1. The normalized spacial score (nSPS) is 9.70. The van der Waals surface area contributed by atoms with E-state index >= 15 is 0 Å². The molecule has 7 nitrogen and oxygen atoms in total. The first-order chi connectivity index (χ1) is 12.8. The van der Waals surface area contributed by atoms with Gasteiger partial charge in [0.25, 0.3) is 0 Å². The number of hydrogen-bond donors (Lipinski definition) is 4. The maximum atomic E-state index is 9.94. The number of nitrogen functional groups attached to an aromatic ring is 1. The summed E-state index contributed by atoms with van der Waals surface area (Å²) in [5, 5.41) is 15.7. The van der Waals surface area contributed by atoms with Crippen LogP contribution in [0.3, 0.4) is 0 Å². The number of carboxylic acids is 1. The molecule has 3 rings (SSSR count). The predicted octanol–water partition coefficient (Wildman–Crippen LogP) is 4.76. The second-order valence-corrected chi connectivity index (χ2v) is 6.23. The summed E-state index contributed by atoms with van der Waals surface area (Å²) in [6.07, 6.45) is 2.14. The Balaban J connectivity index is 0.000000273. The van der Waals surface area contributed by atoms with Gasteiger partial charge in [0.1, 0.15) is 6.26 Å². The van der Waals surface area contributed by atoms with Gasteiger partial charge in [0, 0.05) is 17.1 Å². The van der Waals surface area contributed by atoms with Gasteiger partial charge in [0.15, 0.2) is 17.2 Å². The molecule has 0 saturated heterocycles. The predicted molar refractivity (Wildman–Crippen MR) is 111 cm³/mol. The topological polar surface area (TPSA) is 113 Å². The van der Waals surface area contributed by atoms with Gasteiger partial charge in [-0.3, -0.25) is 0 Å². The summed E-state index contributed by atoms with van der Waals surface area (Å²) in [6, 6.07) is 12.5. The summed E-state index contributed by atoms with van der Waals surface area (Å²) >= 11 is 17.0. The van der Waals surface area contributed by atoms with Crippen LogP contribution in [0.4, 0.5) is 17.1 Å². The molecule has 5 N–H and O–H groups in total. The average Bonchev–Trinajstić information content (AvgIpc) is 3.16. The summed E-state index contributed by atoms with van der Waals surface area (Å²) in [5.74, 6) is -1.07. The van der Waals surface area contributed by atoms with E-state index in [4.69, 9.17) is 46.3 Å². The van der Waals surface area contributed by atoms with Crippen LogP contribution in [0, 0.1) is 0 Å². The molecule has 0 unspecified atom stereocenters. The van der Waals surface area contributed by atoms with Crippen LogP contribution in [0.25, 0.3) is 0 Å². The zero-order chi connectivity index (χ0) is 19.8. The number of aromatic carboxylic acids is 1. The minimum Gasteiger partial charge on any atom is -0.476 e. The lowest BCUT2D eigenvalue weighted by Crippen LogP contribution is -2.18. The number of carbonyl (C=O) groups is 1. The first-order valence-electron chi connectivity index (χ1n) is 7.35. The van der Waals surface area contributed by atoms with Crippen LogP contribution >= 0.6 is 35.4 Å². The highest BCUT2D eigenvalue weighted by atomic mass is 35.5. The lowest BCUT2D eigenvalue weighted by atomic mass is 10.3. The monoisotopic (exact) mass is 424 g/mol. The van der Waals surface area contributed by atoms with Crippen molar-refractivity contribution in [1.29, 1.82) is 0 Å². The number of hydrogen-bond acceptors (Lipinski definition) is 5. The molecular weight excluding hydrogens is 411 g/mol. The molecule has 1 aromatic heterocycles. The maximum Gasteiger partial charge on any atom is 0.357 e. The van der Waals surface area contributed by atoms with E-state index in [0.717, 1.165) is 24.0 Å². The molecule has 0 saturated carbocycles. The smallest absolute Gasteiger partial charge is 0.357 e. The van der Waals surface area contributed by atoms with E-state index in [9.17, 15) is 4.79 Å². The fraction of sp³-hybridized carbons (Fsp3) is 0. The molecule has 2 aromatic carbocycles. The summed E-state index contributed by atoms with van der Waals surface area (Å²) in [5.41, 5.74) is 7.87. The van der Waals surface area contributed by atoms with Crippen LogP contribution < -0.4 is 16.4 Å². The van der Waals surface area contributed by atoms with Crippen LogP contribution in [0.2, 0.25) is 10.0 Å². The lowest BCUT2D eigenvalue weighted by Gasteiger charge is -2.11. The van der Waals surface area contributed by atoms with Gasteiger partial charge in [0.05, 0.1) is 10.0 Å². The van der Waals surface area contributed by atoms with Gasteiger partial charge in [-0.2, -0.15) is 0 Å². The molecule has 0 bridgehead atoms. The number of carboxylic acid groups (broad SMARTS) is 1. The zero-order valence-electron chi connectivity index (χ0n) is 13.6. The molecule has 27 heavy (non-hydrogen) atoms. The fourth-order valence-electron chi connectivity index (χ4n) is 1.75. The Morgan fingerprint density at radius 2 is 1.70 bits per heavy atom. The van der Waals surface area contributed by atoms with Crippen molar-refractivity contribution in [3.8, 4) is 0 Å². The third-order valence-electron chi connectivity index (χ3n) is 3.00. The minimum absolute atomic E-state index is 0.0648. The van der Waals surface area contributed by atoms with Gasteiger partial charge in [-0.15, -0.1) is 0 Å². The van der Waals surface area contributed by atoms with Crippen molar-refractivity contribution in [3.05, 3.63) is 70.9 Å². The van der Waals surface area contributed by atoms with E-state index in [-0.39, 0.29) is 5.69 Å². The summed E-state index contributed by atoms with van der Waals surface area (Å²) < 4.78 is 4.38. The van der Waals surface area contributed by atoms with Gasteiger partial charge in [-0.05, 0) is 54.7 Å². The third-order valence-corrected chi connectivity index (χ3v) is 3.94. The number of aromatic nitrogens is 1. The van der Waals surface area contributed by atoms with E-state index in [1.165, 1.54) is 0 Å². The molecule has 0 aliphatic carbocycles. The molecule has 3 aromatic rings. The molecule has 0 amide bonds. The highest BCUT2D eigenvalue weighted by molar-refractivity contribution is 7.80. The zero-order valence-corrected chi connectivity index (χ0v) is 16.0. The van der Waals surface area contributed by atoms with Gasteiger partial charge in [-0.25, -0.2) is 9.78 Å². The Bertz CT molecular complexity index is 918. The maximum absolute atomic E-state index is 9.94. The molecule has 0 atom stereocenters. The molecule has 0 spiro atoms. The Morgan fingerprint density at radius 1 is 1.07 bits per heavy atom. The third kappa shape index (κ3) is 6.78. The number of anilines is 3. The van der Waals surface area contributed by atoms with Crippen LogP contribution in [-0.4, -0.2) is 21.2 Å².